The van der Waals surface area contributed by atoms with Crippen LogP contribution in [0.15, 0.2) is 36.0 Å². The Balaban J connectivity index is 1.71. The summed E-state index contributed by atoms with van der Waals surface area (Å²) in [7, 11) is 1.45. The summed E-state index contributed by atoms with van der Waals surface area (Å²) in [5.74, 6) is -1.48. The summed E-state index contributed by atoms with van der Waals surface area (Å²) in [5.41, 5.74) is 1.13. The van der Waals surface area contributed by atoms with Crippen LogP contribution in [0.25, 0.3) is 0 Å². The molecule has 0 radical (unpaired) electrons. The number of carbonyl (C=O) groups excluding carboxylic acids is 1. The van der Waals surface area contributed by atoms with Gasteiger partial charge in [-0.1, -0.05) is 12.1 Å². The first-order valence-corrected chi connectivity index (χ1v) is 8.19. The van der Waals surface area contributed by atoms with Gasteiger partial charge in [0.15, 0.2) is 0 Å². The highest BCUT2D eigenvalue weighted by Gasteiger charge is 2.45. The fraction of sp³-hybridized carbons (Fsp3) is 0.333. The Morgan fingerprint density at radius 3 is 2.69 bits per heavy atom. The number of nitrogens with zero attached hydrogens (tertiary/aromatic N) is 2. The van der Waals surface area contributed by atoms with Crippen molar-refractivity contribution < 1.29 is 22.4 Å². The molecule has 1 saturated carbocycles. The highest BCUT2D eigenvalue weighted by molar-refractivity contribution is 6.05. The van der Waals surface area contributed by atoms with Crippen molar-refractivity contribution in [3.05, 3.63) is 58.4 Å². The fourth-order valence-corrected chi connectivity index (χ4v) is 4.19. The molecule has 4 nitrogen and oxygen atoms in total. The van der Waals surface area contributed by atoms with Crippen LogP contribution < -0.4 is 5.32 Å². The van der Waals surface area contributed by atoms with Crippen molar-refractivity contribution in [3.63, 3.8) is 0 Å². The highest BCUT2D eigenvalue weighted by Crippen LogP contribution is 2.60. The van der Waals surface area contributed by atoms with E-state index in [4.69, 9.17) is 0 Å². The summed E-state index contributed by atoms with van der Waals surface area (Å²) in [5, 5.41) is 6.24. The predicted molar refractivity (Wildman–Crippen MR) is 86.5 cm³/mol. The molecular weight excluding hydrogens is 350 g/mol. The van der Waals surface area contributed by atoms with E-state index in [0.29, 0.717) is 24.1 Å². The lowest BCUT2D eigenvalue weighted by molar-refractivity contribution is 0.101. The molecule has 0 saturated heterocycles. The first-order valence-electron chi connectivity index (χ1n) is 8.19. The van der Waals surface area contributed by atoms with E-state index in [1.807, 2.05) is 0 Å². The van der Waals surface area contributed by atoms with Gasteiger partial charge in [-0.3, -0.25) is 9.48 Å². The molecule has 0 aliphatic heterocycles. The van der Waals surface area contributed by atoms with E-state index in [1.165, 1.54) is 13.2 Å². The molecule has 1 N–H and O–H groups in total. The normalized spacial score (nSPS) is 20.6. The van der Waals surface area contributed by atoms with Gasteiger partial charge < -0.3 is 5.32 Å². The number of aromatic nitrogens is 2. The number of amides is 1. The van der Waals surface area contributed by atoms with E-state index in [2.05, 4.69) is 10.4 Å². The lowest BCUT2D eigenvalue weighted by Crippen LogP contribution is -2.16. The van der Waals surface area contributed by atoms with Gasteiger partial charge in [0.1, 0.15) is 5.69 Å². The van der Waals surface area contributed by atoms with Crippen molar-refractivity contribution in [2.75, 3.05) is 5.32 Å². The molecular formula is C18H15F4N3O. The van der Waals surface area contributed by atoms with E-state index in [1.54, 1.807) is 18.2 Å². The van der Waals surface area contributed by atoms with Crippen LogP contribution in [0.2, 0.25) is 0 Å². The van der Waals surface area contributed by atoms with Crippen LogP contribution in [0, 0.1) is 0 Å². The number of aryl methyl sites for hydroxylation is 1. The largest absolute Gasteiger partial charge is 0.322 e. The van der Waals surface area contributed by atoms with Gasteiger partial charge >= 0.3 is 0 Å². The number of rotatable bonds is 3. The molecule has 0 spiro atoms. The highest BCUT2D eigenvalue weighted by atomic mass is 19.3. The van der Waals surface area contributed by atoms with Gasteiger partial charge in [0.05, 0.1) is 5.56 Å². The minimum absolute atomic E-state index is 0.122. The molecule has 2 aromatic rings. The van der Waals surface area contributed by atoms with Crippen LogP contribution in [0.4, 0.5) is 23.2 Å². The summed E-state index contributed by atoms with van der Waals surface area (Å²) >= 11 is 0. The van der Waals surface area contributed by atoms with Crippen molar-refractivity contribution in [2.45, 2.75) is 31.1 Å². The number of allylic oxidation sites excluding steroid dienone is 1. The second kappa shape index (κ2) is 5.96. The standard InChI is InChI=1S/C18H15F4N3O/c1-25-7-11(15(24-25)17(21)22)18(26)23-12-4-2-3-8-9-5-6-10(13(8)12)14(9)16(19)20/h2-4,7,9-10,17H,5-6H2,1H3,(H,23,26). The Morgan fingerprint density at radius 1 is 1.27 bits per heavy atom. The average Bonchev–Trinajstić information content (AvgIpc) is 3.26. The second-order valence-corrected chi connectivity index (χ2v) is 6.56. The maximum atomic E-state index is 13.3. The average molecular weight is 365 g/mol. The predicted octanol–water partition coefficient (Wildman–Crippen LogP) is 4.74. The fourth-order valence-electron chi connectivity index (χ4n) is 4.19. The zero-order valence-electron chi connectivity index (χ0n) is 13.8. The Hall–Kier alpha value is -2.64. The molecule has 4 rings (SSSR count). The summed E-state index contributed by atoms with van der Waals surface area (Å²) in [6.07, 6.45) is -2.09. The van der Waals surface area contributed by atoms with Crippen molar-refractivity contribution in [1.82, 2.24) is 9.78 Å². The number of benzene rings is 1. The van der Waals surface area contributed by atoms with E-state index in [9.17, 15) is 22.4 Å². The molecule has 2 atom stereocenters. The third kappa shape index (κ3) is 2.43. The molecule has 1 aromatic heterocycles. The molecule has 1 fully saturated rings. The van der Waals surface area contributed by atoms with E-state index in [0.717, 1.165) is 10.2 Å². The molecule has 8 heteroatoms. The zero-order chi connectivity index (χ0) is 18.6. The molecule has 1 amide bonds. The second-order valence-electron chi connectivity index (χ2n) is 6.56. The summed E-state index contributed by atoms with van der Waals surface area (Å²) in [4.78, 5) is 12.5. The summed E-state index contributed by atoms with van der Waals surface area (Å²) < 4.78 is 54.0. The van der Waals surface area contributed by atoms with E-state index < -0.39 is 30.0 Å². The third-order valence-corrected chi connectivity index (χ3v) is 5.13. The Morgan fingerprint density at radius 2 is 2.00 bits per heavy atom. The number of anilines is 1. The number of halogens is 4. The molecule has 136 valence electrons. The van der Waals surface area contributed by atoms with Crippen molar-refractivity contribution in [3.8, 4) is 0 Å². The maximum Gasteiger partial charge on any atom is 0.282 e. The molecule has 1 aromatic carbocycles. The Labute approximate surface area is 146 Å². The molecule has 1 heterocycles. The zero-order valence-corrected chi connectivity index (χ0v) is 13.8. The van der Waals surface area contributed by atoms with Crippen molar-refractivity contribution in [2.24, 2.45) is 7.05 Å². The lowest BCUT2D eigenvalue weighted by atomic mass is 9.90. The monoisotopic (exact) mass is 365 g/mol. The Kier molecular flexibility index (Phi) is 3.86. The topological polar surface area (TPSA) is 46.9 Å². The number of alkyl halides is 2. The van der Waals surface area contributed by atoms with E-state index >= 15 is 0 Å². The van der Waals surface area contributed by atoms with Crippen molar-refractivity contribution >= 4 is 11.6 Å². The SMILES string of the molecule is Cn1cc(C(=O)Nc2cccc3c2C2CCC3C2=C(F)F)c(C(F)F)n1. The van der Waals surface area contributed by atoms with Gasteiger partial charge in [-0.2, -0.15) is 13.9 Å². The van der Waals surface area contributed by atoms with Gasteiger partial charge in [-0.15, -0.1) is 0 Å². The van der Waals surface area contributed by atoms with Crippen LogP contribution in [-0.4, -0.2) is 15.7 Å². The maximum absolute atomic E-state index is 13.3. The quantitative estimate of drug-likeness (QED) is 0.799. The van der Waals surface area contributed by atoms with Gasteiger partial charge in [0.2, 0.25) is 0 Å². The van der Waals surface area contributed by atoms with Crippen molar-refractivity contribution in [1.29, 1.82) is 0 Å². The minimum atomic E-state index is -2.88. The first-order chi connectivity index (χ1) is 12.4. The van der Waals surface area contributed by atoms with Crippen LogP contribution in [-0.2, 0) is 7.05 Å². The van der Waals surface area contributed by atoms with Gasteiger partial charge in [0.25, 0.3) is 18.4 Å². The van der Waals surface area contributed by atoms with E-state index in [-0.39, 0.29) is 17.1 Å². The number of hydrogen-bond acceptors (Lipinski definition) is 2. The molecule has 2 aliphatic rings. The molecule has 2 bridgehead atoms. The number of hydrogen-bond donors (Lipinski definition) is 1. The lowest BCUT2D eigenvalue weighted by Gasteiger charge is -2.18. The van der Waals surface area contributed by atoms with Crippen LogP contribution in [0.3, 0.4) is 0 Å². The number of nitrogens with one attached hydrogen (secondary N) is 1. The number of fused-ring (bicyclic) bond motifs is 5. The number of carbonyl (C=O) groups is 1. The van der Waals surface area contributed by atoms with Crippen LogP contribution in [0.1, 0.15) is 58.3 Å². The third-order valence-electron chi connectivity index (χ3n) is 5.13. The first kappa shape index (κ1) is 16.8. The van der Waals surface area contributed by atoms with Gasteiger partial charge in [-0.25, -0.2) is 8.78 Å². The summed E-state index contributed by atoms with van der Waals surface area (Å²) in [6, 6.07) is 5.08. The van der Waals surface area contributed by atoms with Gasteiger partial charge in [-0.05, 0) is 30.0 Å². The molecule has 26 heavy (non-hydrogen) atoms. The molecule has 2 unspecified atom stereocenters. The minimum Gasteiger partial charge on any atom is -0.322 e. The van der Waals surface area contributed by atoms with Crippen LogP contribution >= 0.6 is 0 Å². The Bertz CT molecular complexity index is 931. The summed E-state index contributed by atoms with van der Waals surface area (Å²) in [6.45, 7) is 0. The van der Waals surface area contributed by atoms with Crippen LogP contribution in [0.5, 0.6) is 0 Å². The van der Waals surface area contributed by atoms with Gasteiger partial charge in [0, 0.05) is 36.3 Å². The smallest absolute Gasteiger partial charge is 0.282 e. The molecule has 2 aliphatic carbocycles.